The van der Waals surface area contributed by atoms with Gasteiger partial charge < -0.3 is 10.2 Å². The molecule has 1 aliphatic heterocycles. The third kappa shape index (κ3) is 4.33. The SMILES string of the molecule is CCC(CC)C(=O)NCc1ccc2c(c1)N(C(=O)c1ccc(Cl)cc1)CC2. The Morgan fingerprint density at radius 3 is 2.48 bits per heavy atom. The van der Waals surface area contributed by atoms with Crippen molar-refractivity contribution < 1.29 is 9.59 Å². The summed E-state index contributed by atoms with van der Waals surface area (Å²) in [6.45, 7) is 5.21. The minimum absolute atomic E-state index is 0.0244. The Labute approximate surface area is 165 Å². The number of benzene rings is 2. The van der Waals surface area contributed by atoms with E-state index in [1.54, 1.807) is 24.3 Å². The van der Waals surface area contributed by atoms with Crippen LogP contribution in [0, 0.1) is 5.92 Å². The lowest BCUT2D eigenvalue weighted by atomic mass is 10.0. The number of nitrogens with zero attached hydrogens (tertiary/aromatic N) is 1. The van der Waals surface area contributed by atoms with Crippen molar-refractivity contribution in [2.75, 3.05) is 11.4 Å². The van der Waals surface area contributed by atoms with Crippen LogP contribution >= 0.6 is 11.6 Å². The van der Waals surface area contributed by atoms with Gasteiger partial charge in [-0.1, -0.05) is 37.6 Å². The molecule has 0 spiro atoms. The number of carbonyl (C=O) groups excluding carboxylic acids is 2. The monoisotopic (exact) mass is 384 g/mol. The summed E-state index contributed by atoms with van der Waals surface area (Å²) in [7, 11) is 0. The summed E-state index contributed by atoms with van der Waals surface area (Å²) in [5.41, 5.74) is 3.72. The average molecular weight is 385 g/mol. The molecule has 0 aliphatic carbocycles. The molecule has 3 rings (SSSR count). The fourth-order valence-corrected chi connectivity index (χ4v) is 3.61. The zero-order chi connectivity index (χ0) is 19.4. The van der Waals surface area contributed by atoms with Gasteiger partial charge in [-0.05, 0) is 60.7 Å². The minimum atomic E-state index is -0.0244. The van der Waals surface area contributed by atoms with Crippen molar-refractivity contribution in [3.63, 3.8) is 0 Å². The maximum Gasteiger partial charge on any atom is 0.258 e. The molecule has 2 amide bonds. The lowest BCUT2D eigenvalue weighted by Crippen LogP contribution is -2.30. The highest BCUT2D eigenvalue weighted by Gasteiger charge is 2.26. The smallest absolute Gasteiger partial charge is 0.258 e. The topological polar surface area (TPSA) is 49.4 Å². The van der Waals surface area contributed by atoms with Crippen LogP contribution in [0.1, 0.15) is 48.2 Å². The van der Waals surface area contributed by atoms with Gasteiger partial charge in [-0.2, -0.15) is 0 Å². The Morgan fingerprint density at radius 2 is 1.81 bits per heavy atom. The fraction of sp³-hybridized carbons (Fsp3) is 0.364. The molecule has 5 heteroatoms. The van der Waals surface area contributed by atoms with Crippen LogP contribution in [0.4, 0.5) is 5.69 Å². The molecule has 0 saturated carbocycles. The van der Waals surface area contributed by atoms with Gasteiger partial charge >= 0.3 is 0 Å². The third-order valence-electron chi connectivity index (χ3n) is 5.20. The first-order valence-electron chi connectivity index (χ1n) is 9.50. The fourth-order valence-electron chi connectivity index (χ4n) is 3.49. The van der Waals surface area contributed by atoms with Gasteiger partial charge in [0.15, 0.2) is 0 Å². The molecule has 2 aromatic carbocycles. The number of hydrogen-bond donors (Lipinski definition) is 1. The normalized spacial score (nSPS) is 13.0. The van der Waals surface area contributed by atoms with Crippen molar-refractivity contribution in [3.8, 4) is 0 Å². The number of anilines is 1. The van der Waals surface area contributed by atoms with Gasteiger partial charge in [-0.25, -0.2) is 0 Å². The third-order valence-corrected chi connectivity index (χ3v) is 5.46. The number of rotatable bonds is 6. The summed E-state index contributed by atoms with van der Waals surface area (Å²) >= 11 is 5.92. The second-order valence-electron chi connectivity index (χ2n) is 6.91. The van der Waals surface area contributed by atoms with Crippen LogP contribution < -0.4 is 10.2 Å². The lowest BCUT2D eigenvalue weighted by molar-refractivity contribution is -0.125. The van der Waals surface area contributed by atoms with E-state index in [-0.39, 0.29) is 17.7 Å². The van der Waals surface area contributed by atoms with Gasteiger partial charge in [0.05, 0.1) is 0 Å². The maximum absolute atomic E-state index is 12.9. The van der Waals surface area contributed by atoms with E-state index in [1.807, 2.05) is 30.9 Å². The summed E-state index contributed by atoms with van der Waals surface area (Å²) in [6.07, 6.45) is 2.53. The first-order valence-corrected chi connectivity index (χ1v) is 9.88. The van der Waals surface area contributed by atoms with Gasteiger partial charge in [0, 0.05) is 35.3 Å². The second kappa shape index (κ2) is 8.57. The largest absolute Gasteiger partial charge is 0.352 e. The van der Waals surface area contributed by atoms with Gasteiger partial charge in [-0.3, -0.25) is 9.59 Å². The molecule has 0 fully saturated rings. The average Bonchev–Trinajstić information content (AvgIpc) is 3.10. The quantitative estimate of drug-likeness (QED) is 0.791. The Bertz CT molecular complexity index is 829. The number of halogens is 1. The van der Waals surface area contributed by atoms with Crippen molar-refractivity contribution in [3.05, 3.63) is 64.2 Å². The zero-order valence-electron chi connectivity index (χ0n) is 15.8. The van der Waals surface area contributed by atoms with Crippen molar-refractivity contribution >= 4 is 29.1 Å². The standard InChI is InChI=1S/C22H25ClN2O2/c1-3-16(4-2)21(26)24-14-15-5-6-17-11-12-25(20(17)13-15)22(27)18-7-9-19(23)10-8-18/h5-10,13,16H,3-4,11-12,14H2,1-2H3,(H,24,26). The van der Waals surface area contributed by atoms with Crippen LogP contribution in [0.5, 0.6) is 0 Å². The molecule has 2 aromatic rings. The highest BCUT2D eigenvalue weighted by molar-refractivity contribution is 6.30. The first-order chi connectivity index (χ1) is 13.0. The van der Waals surface area contributed by atoms with Crippen molar-refractivity contribution in [2.24, 2.45) is 5.92 Å². The van der Waals surface area contributed by atoms with Crippen LogP contribution in [0.2, 0.25) is 5.02 Å². The van der Waals surface area contributed by atoms with E-state index in [9.17, 15) is 9.59 Å². The molecule has 4 nitrogen and oxygen atoms in total. The number of hydrogen-bond acceptors (Lipinski definition) is 2. The highest BCUT2D eigenvalue weighted by Crippen LogP contribution is 2.30. The van der Waals surface area contributed by atoms with Crippen LogP contribution in [-0.4, -0.2) is 18.4 Å². The first kappa shape index (κ1) is 19.4. The highest BCUT2D eigenvalue weighted by atomic mass is 35.5. The minimum Gasteiger partial charge on any atom is -0.352 e. The number of amides is 2. The van der Waals surface area contributed by atoms with Crippen molar-refractivity contribution in [1.29, 1.82) is 0 Å². The molecule has 0 unspecified atom stereocenters. The van der Waals surface area contributed by atoms with Crippen molar-refractivity contribution in [1.82, 2.24) is 5.32 Å². The molecule has 1 aliphatic rings. The van der Waals surface area contributed by atoms with E-state index in [2.05, 4.69) is 11.4 Å². The number of nitrogens with one attached hydrogen (secondary N) is 1. The maximum atomic E-state index is 12.9. The van der Waals surface area contributed by atoms with E-state index >= 15 is 0 Å². The Kier molecular flexibility index (Phi) is 6.17. The summed E-state index contributed by atoms with van der Waals surface area (Å²) in [4.78, 5) is 26.9. The second-order valence-corrected chi connectivity index (χ2v) is 7.34. The van der Waals surface area contributed by atoms with Gasteiger partial charge in [0.1, 0.15) is 0 Å². The molecular formula is C22H25ClN2O2. The van der Waals surface area contributed by atoms with Gasteiger partial charge in [-0.15, -0.1) is 0 Å². The van der Waals surface area contributed by atoms with E-state index < -0.39 is 0 Å². The van der Waals surface area contributed by atoms with Crippen LogP contribution in [0.15, 0.2) is 42.5 Å². The van der Waals surface area contributed by atoms with Crippen LogP contribution in [0.3, 0.4) is 0 Å². The summed E-state index contributed by atoms with van der Waals surface area (Å²) in [5.74, 6) is 0.126. The summed E-state index contributed by atoms with van der Waals surface area (Å²) < 4.78 is 0. The molecule has 1 N–H and O–H groups in total. The molecule has 0 aromatic heterocycles. The number of carbonyl (C=O) groups is 2. The molecule has 0 saturated heterocycles. The van der Waals surface area contributed by atoms with E-state index in [4.69, 9.17) is 11.6 Å². The molecule has 27 heavy (non-hydrogen) atoms. The van der Waals surface area contributed by atoms with Crippen molar-refractivity contribution in [2.45, 2.75) is 39.7 Å². The predicted octanol–water partition coefficient (Wildman–Crippen LogP) is 4.60. The van der Waals surface area contributed by atoms with Crippen LogP contribution in [0.25, 0.3) is 0 Å². The van der Waals surface area contributed by atoms with Crippen LogP contribution in [-0.2, 0) is 17.8 Å². The Morgan fingerprint density at radius 1 is 1.11 bits per heavy atom. The lowest BCUT2D eigenvalue weighted by Gasteiger charge is -2.19. The summed E-state index contributed by atoms with van der Waals surface area (Å²) in [5, 5.41) is 3.63. The Balaban J connectivity index is 1.74. The van der Waals surface area contributed by atoms with E-state index in [0.717, 1.165) is 36.1 Å². The molecule has 0 atom stereocenters. The Hall–Kier alpha value is -2.33. The zero-order valence-corrected chi connectivity index (χ0v) is 16.6. The molecule has 0 radical (unpaired) electrons. The van der Waals surface area contributed by atoms with E-state index in [0.29, 0.717) is 23.7 Å². The summed E-state index contributed by atoms with van der Waals surface area (Å²) in [6, 6.07) is 13.1. The molecule has 142 valence electrons. The van der Waals surface area contributed by atoms with Gasteiger partial charge in [0.25, 0.3) is 5.91 Å². The van der Waals surface area contributed by atoms with E-state index in [1.165, 1.54) is 0 Å². The molecule has 0 bridgehead atoms. The molecular weight excluding hydrogens is 360 g/mol. The molecule has 1 heterocycles. The van der Waals surface area contributed by atoms with Gasteiger partial charge in [0.2, 0.25) is 5.91 Å². The number of fused-ring (bicyclic) bond motifs is 1. The predicted molar refractivity (Wildman–Crippen MR) is 109 cm³/mol.